The second kappa shape index (κ2) is 5.05. The molecule has 0 atom stereocenters. The fourth-order valence-electron chi connectivity index (χ4n) is 2.66. The maximum Gasteiger partial charge on any atom is 0.145 e. The number of pyridine rings is 1. The summed E-state index contributed by atoms with van der Waals surface area (Å²) in [5, 5.41) is 4.56. The maximum absolute atomic E-state index is 5.43. The number of nitrogens with one attached hydrogen (secondary N) is 1. The summed E-state index contributed by atoms with van der Waals surface area (Å²) in [5.74, 6) is 0.845. The fourth-order valence-corrected chi connectivity index (χ4v) is 2.66. The van der Waals surface area contributed by atoms with E-state index < -0.39 is 0 Å². The molecule has 2 aromatic rings. The van der Waals surface area contributed by atoms with Crippen molar-refractivity contribution in [2.75, 3.05) is 38.2 Å². The van der Waals surface area contributed by atoms with Crippen molar-refractivity contribution in [1.82, 2.24) is 10.3 Å². The summed E-state index contributed by atoms with van der Waals surface area (Å²) in [4.78, 5) is 7.06. The van der Waals surface area contributed by atoms with Gasteiger partial charge in [-0.1, -0.05) is 12.1 Å². The highest BCUT2D eigenvalue weighted by Crippen LogP contribution is 2.32. The van der Waals surface area contributed by atoms with Crippen LogP contribution in [0, 0.1) is 6.92 Å². The lowest BCUT2D eigenvalue weighted by molar-refractivity contribution is 0.419. The van der Waals surface area contributed by atoms with E-state index in [1.54, 1.807) is 7.11 Å². The molecule has 1 aliphatic rings. The van der Waals surface area contributed by atoms with Gasteiger partial charge in [0.25, 0.3) is 0 Å². The van der Waals surface area contributed by atoms with Gasteiger partial charge in [0.05, 0.1) is 7.11 Å². The predicted molar refractivity (Wildman–Crippen MR) is 78.1 cm³/mol. The molecule has 0 amide bonds. The first kappa shape index (κ1) is 12.2. The minimum atomic E-state index is 0.845. The summed E-state index contributed by atoms with van der Waals surface area (Å²) in [6.45, 7) is 6.18. The van der Waals surface area contributed by atoms with Crippen molar-refractivity contribution >= 4 is 16.6 Å². The molecule has 100 valence electrons. The highest BCUT2D eigenvalue weighted by Gasteiger charge is 2.15. The van der Waals surface area contributed by atoms with Crippen LogP contribution in [0.15, 0.2) is 24.3 Å². The zero-order valence-corrected chi connectivity index (χ0v) is 11.4. The molecule has 1 N–H and O–H groups in total. The van der Waals surface area contributed by atoms with E-state index in [0.717, 1.165) is 43.1 Å². The zero-order valence-electron chi connectivity index (χ0n) is 11.4. The molecule has 0 radical (unpaired) electrons. The highest BCUT2D eigenvalue weighted by molar-refractivity contribution is 5.95. The number of rotatable bonds is 2. The van der Waals surface area contributed by atoms with Gasteiger partial charge in [-0.2, -0.15) is 0 Å². The minimum absolute atomic E-state index is 0.845. The smallest absolute Gasteiger partial charge is 0.145 e. The molecule has 0 aliphatic carbocycles. The van der Waals surface area contributed by atoms with Crippen molar-refractivity contribution in [1.29, 1.82) is 0 Å². The van der Waals surface area contributed by atoms with Crippen LogP contribution in [-0.4, -0.2) is 38.3 Å². The van der Waals surface area contributed by atoms with Crippen LogP contribution in [0.5, 0.6) is 5.75 Å². The molecule has 1 aliphatic heterocycles. The lowest BCUT2D eigenvalue weighted by Gasteiger charge is -2.30. The van der Waals surface area contributed by atoms with E-state index >= 15 is 0 Å². The molecule has 4 nitrogen and oxygen atoms in total. The van der Waals surface area contributed by atoms with E-state index in [1.807, 2.05) is 19.1 Å². The Morgan fingerprint density at radius 3 is 2.79 bits per heavy atom. The van der Waals surface area contributed by atoms with Gasteiger partial charge in [-0.15, -0.1) is 0 Å². The monoisotopic (exact) mass is 257 g/mol. The number of hydrogen-bond acceptors (Lipinski definition) is 4. The number of piperazine rings is 1. The van der Waals surface area contributed by atoms with Crippen LogP contribution in [-0.2, 0) is 0 Å². The largest absolute Gasteiger partial charge is 0.494 e. The fraction of sp³-hybridized carbons (Fsp3) is 0.400. The first-order valence-electron chi connectivity index (χ1n) is 6.69. The zero-order chi connectivity index (χ0) is 13.2. The second-order valence-electron chi connectivity index (χ2n) is 4.88. The van der Waals surface area contributed by atoms with Gasteiger partial charge in [0, 0.05) is 42.9 Å². The molecule has 0 unspecified atom stereocenters. The number of methoxy groups -OCH3 is 1. The number of para-hydroxylation sites is 1. The van der Waals surface area contributed by atoms with E-state index in [-0.39, 0.29) is 0 Å². The molecule has 1 fully saturated rings. The van der Waals surface area contributed by atoms with Gasteiger partial charge in [0.2, 0.25) is 0 Å². The number of benzene rings is 1. The third kappa shape index (κ3) is 2.24. The molecule has 0 saturated carbocycles. The van der Waals surface area contributed by atoms with Crippen LogP contribution in [0.2, 0.25) is 0 Å². The number of hydrogen-bond donors (Lipinski definition) is 1. The summed E-state index contributed by atoms with van der Waals surface area (Å²) in [6.07, 6.45) is 0. The van der Waals surface area contributed by atoms with Crippen LogP contribution >= 0.6 is 0 Å². The number of fused-ring (bicyclic) bond motifs is 1. The second-order valence-corrected chi connectivity index (χ2v) is 4.88. The Hall–Kier alpha value is -1.81. The van der Waals surface area contributed by atoms with Gasteiger partial charge < -0.3 is 15.0 Å². The topological polar surface area (TPSA) is 37.4 Å². The standard InChI is InChI=1S/C15H19N3O/c1-11-10-13(18-8-6-16-7-9-18)12-4-3-5-14(19-2)15(12)17-11/h3-5,10,16H,6-9H2,1-2H3. The van der Waals surface area contributed by atoms with Gasteiger partial charge in [0.15, 0.2) is 0 Å². The average molecular weight is 257 g/mol. The van der Waals surface area contributed by atoms with Crippen molar-refractivity contribution < 1.29 is 4.74 Å². The number of ether oxygens (including phenoxy) is 1. The number of aryl methyl sites for hydroxylation is 1. The molecule has 2 heterocycles. The first-order valence-corrected chi connectivity index (χ1v) is 6.69. The van der Waals surface area contributed by atoms with Crippen LogP contribution in [0.25, 0.3) is 10.9 Å². The van der Waals surface area contributed by atoms with Crippen LogP contribution < -0.4 is 15.0 Å². The molecule has 19 heavy (non-hydrogen) atoms. The molecular weight excluding hydrogens is 238 g/mol. The van der Waals surface area contributed by atoms with Crippen molar-refractivity contribution in [3.8, 4) is 5.75 Å². The van der Waals surface area contributed by atoms with Crippen LogP contribution in [0.3, 0.4) is 0 Å². The summed E-state index contributed by atoms with van der Waals surface area (Å²) in [7, 11) is 1.70. The summed E-state index contributed by atoms with van der Waals surface area (Å²) < 4.78 is 5.43. The van der Waals surface area contributed by atoms with E-state index in [2.05, 4.69) is 27.3 Å². The van der Waals surface area contributed by atoms with Gasteiger partial charge in [0.1, 0.15) is 11.3 Å². The van der Waals surface area contributed by atoms with Gasteiger partial charge >= 0.3 is 0 Å². The SMILES string of the molecule is COc1cccc2c(N3CCNCC3)cc(C)nc12. The van der Waals surface area contributed by atoms with Gasteiger partial charge in [-0.3, -0.25) is 0 Å². The Labute approximate surface area is 113 Å². The molecule has 1 saturated heterocycles. The lowest BCUT2D eigenvalue weighted by atomic mass is 10.1. The van der Waals surface area contributed by atoms with E-state index in [1.165, 1.54) is 11.1 Å². The molecule has 0 spiro atoms. The molecule has 0 bridgehead atoms. The van der Waals surface area contributed by atoms with E-state index in [0.29, 0.717) is 0 Å². The van der Waals surface area contributed by atoms with Crippen molar-refractivity contribution in [2.45, 2.75) is 6.92 Å². The van der Waals surface area contributed by atoms with Crippen molar-refractivity contribution in [2.24, 2.45) is 0 Å². The van der Waals surface area contributed by atoms with Crippen LogP contribution in [0.1, 0.15) is 5.69 Å². The molecular formula is C15H19N3O. The summed E-state index contributed by atoms with van der Waals surface area (Å²) in [6, 6.07) is 8.30. The molecule has 3 rings (SSSR count). The normalized spacial score (nSPS) is 15.8. The quantitative estimate of drug-likeness (QED) is 0.892. The van der Waals surface area contributed by atoms with Gasteiger partial charge in [-0.25, -0.2) is 4.98 Å². The Kier molecular flexibility index (Phi) is 3.25. The molecule has 1 aromatic heterocycles. The van der Waals surface area contributed by atoms with Gasteiger partial charge in [-0.05, 0) is 19.1 Å². The Morgan fingerprint density at radius 1 is 1.26 bits per heavy atom. The Balaban J connectivity index is 2.17. The predicted octanol–water partition coefficient (Wildman–Crippen LogP) is 1.96. The highest BCUT2D eigenvalue weighted by atomic mass is 16.5. The van der Waals surface area contributed by atoms with E-state index in [9.17, 15) is 0 Å². The molecule has 4 heteroatoms. The first-order chi connectivity index (χ1) is 9.29. The third-order valence-corrected chi connectivity index (χ3v) is 3.59. The number of nitrogens with zero attached hydrogens (tertiary/aromatic N) is 2. The summed E-state index contributed by atoms with van der Waals surface area (Å²) >= 11 is 0. The maximum atomic E-state index is 5.43. The number of anilines is 1. The number of aromatic nitrogens is 1. The lowest BCUT2D eigenvalue weighted by Crippen LogP contribution is -2.43. The molecule has 1 aromatic carbocycles. The van der Waals surface area contributed by atoms with Crippen molar-refractivity contribution in [3.05, 3.63) is 30.0 Å². The minimum Gasteiger partial charge on any atom is -0.494 e. The van der Waals surface area contributed by atoms with Crippen molar-refractivity contribution in [3.63, 3.8) is 0 Å². The van der Waals surface area contributed by atoms with E-state index in [4.69, 9.17) is 4.74 Å². The Morgan fingerprint density at radius 2 is 2.05 bits per heavy atom. The third-order valence-electron chi connectivity index (χ3n) is 3.59. The van der Waals surface area contributed by atoms with Crippen LogP contribution in [0.4, 0.5) is 5.69 Å². The Bertz CT molecular complexity index is 591. The summed E-state index contributed by atoms with van der Waals surface area (Å²) in [5.41, 5.74) is 3.26. The average Bonchev–Trinajstić information content (AvgIpc) is 2.46.